The van der Waals surface area contributed by atoms with Crippen LogP contribution in [-0.4, -0.2) is 25.7 Å². The number of rotatable bonds is 9. The minimum absolute atomic E-state index is 0.0398. The molecule has 134 valence electrons. The van der Waals surface area contributed by atoms with Crippen LogP contribution in [0.1, 0.15) is 18.9 Å². The predicted octanol–water partition coefficient (Wildman–Crippen LogP) is 3.49. The number of para-hydroxylation sites is 2. The zero-order valence-corrected chi connectivity index (χ0v) is 14.1. The van der Waals surface area contributed by atoms with Crippen LogP contribution < -0.4 is 14.8 Å². The molecule has 25 heavy (non-hydrogen) atoms. The molecule has 0 aliphatic heterocycles. The van der Waals surface area contributed by atoms with Crippen molar-refractivity contribution in [2.24, 2.45) is 0 Å². The Balaban J connectivity index is 1.80. The summed E-state index contributed by atoms with van der Waals surface area (Å²) in [5.41, 5.74) is -0.0398. The van der Waals surface area contributed by atoms with Crippen LogP contribution in [0.15, 0.2) is 42.5 Å². The van der Waals surface area contributed by atoms with Crippen LogP contribution in [0, 0.1) is 11.6 Å². The Morgan fingerprint density at radius 1 is 1.00 bits per heavy atom. The Kier molecular flexibility index (Phi) is 7.19. The van der Waals surface area contributed by atoms with Crippen molar-refractivity contribution >= 4 is 5.91 Å². The predicted molar refractivity (Wildman–Crippen MR) is 90.8 cm³/mol. The molecule has 0 aliphatic rings. The van der Waals surface area contributed by atoms with E-state index in [1.807, 2.05) is 13.0 Å². The lowest BCUT2D eigenvalue weighted by Gasteiger charge is -2.12. The number of nitrogens with one attached hydrogen (secondary N) is 1. The Morgan fingerprint density at radius 2 is 1.64 bits per heavy atom. The molecule has 0 aliphatic carbocycles. The van der Waals surface area contributed by atoms with Crippen molar-refractivity contribution in [2.75, 3.05) is 19.8 Å². The highest BCUT2D eigenvalue weighted by molar-refractivity contribution is 5.77. The summed E-state index contributed by atoms with van der Waals surface area (Å²) in [4.78, 5) is 11.8. The Labute approximate surface area is 145 Å². The van der Waals surface area contributed by atoms with Crippen LogP contribution in [0.2, 0.25) is 0 Å². The highest BCUT2D eigenvalue weighted by Gasteiger charge is 2.10. The van der Waals surface area contributed by atoms with E-state index in [4.69, 9.17) is 9.47 Å². The molecule has 1 amide bonds. The van der Waals surface area contributed by atoms with Crippen LogP contribution in [0.25, 0.3) is 0 Å². The summed E-state index contributed by atoms with van der Waals surface area (Å²) < 4.78 is 38.0. The molecule has 0 fully saturated rings. The highest BCUT2D eigenvalue weighted by Crippen LogP contribution is 2.26. The number of hydrogen-bond acceptors (Lipinski definition) is 3. The molecule has 0 saturated heterocycles. The number of halogens is 2. The molecule has 2 rings (SSSR count). The molecule has 4 nitrogen and oxygen atoms in total. The lowest BCUT2D eigenvalue weighted by Crippen LogP contribution is -2.31. The van der Waals surface area contributed by atoms with Gasteiger partial charge in [-0.25, -0.2) is 8.78 Å². The molecule has 0 radical (unpaired) electrons. The van der Waals surface area contributed by atoms with Gasteiger partial charge in [-0.05, 0) is 37.1 Å². The van der Waals surface area contributed by atoms with Gasteiger partial charge in [0, 0.05) is 12.1 Å². The highest BCUT2D eigenvalue weighted by atomic mass is 19.1. The van der Waals surface area contributed by atoms with Gasteiger partial charge in [0.2, 0.25) is 0 Å². The lowest BCUT2D eigenvalue weighted by molar-refractivity contribution is -0.123. The minimum Gasteiger partial charge on any atom is -0.490 e. The summed E-state index contributed by atoms with van der Waals surface area (Å²) in [6.45, 7) is 2.47. The molecule has 1 N–H and O–H groups in total. The molecule has 6 heteroatoms. The van der Waals surface area contributed by atoms with Crippen molar-refractivity contribution in [2.45, 2.75) is 19.8 Å². The van der Waals surface area contributed by atoms with E-state index in [0.717, 1.165) is 6.42 Å². The van der Waals surface area contributed by atoms with Gasteiger partial charge in [0.25, 0.3) is 5.91 Å². The van der Waals surface area contributed by atoms with E-state index in [9.17, 15) is 13.6 Å². The largest absolute Gasteiger partial charge is 0.490 e. The summed E-state index contributed by atoms with van der Waals surface area (Å²) in [5, 5.41) is 2.58. The second-order valence-electron chi connectivity index (χ2n) is 5.38. The van der Waals surface area contributed by atoms with E-state index < -0.39 is 11.6 Å². The van der Waals surface area contributed by atoms with Gasteiger partial charge in [-0.1, -0.05) is 25.1 Å². The normalized spacial score (nSPS) is 10.4. The number of carbonyl (C=O) groups excluding carboxylic acids is 1. The van der Waals surface area contributed by atoms with E-state index in [1.165, 1.54) is 18.2 Å². The molecule has 0 bridgehead atoms. The van der Waals surface area contributed by atoms with Gasteiger partial charge < -0.3 is 14.8 Å². The van der Waals surface area contributed by atoms with Crippen LogP contribution in [0.4, 0.5) is 8.78 Å². The first-order valence-electron chi connectivity index (χ1n) is 8.16. The first-order valence-corrected chi connectivity index (χ1v) is 8.16. The van der Waals surface area contributed by atoms with Crippen LogP contribution in [0.5, 0.6) is 11.5 Å². The zero-order valence-electron chi connectivity index (χ0n) is 14.1. The minimum atomic E-state index is -0.618. The van der Waals surface area contributed by atoms with Crippen LogP contribution in [-0.2, 0) is 11.2 Å². The fourth-order valence-corrected chi connectivity index (χ4v) is 2.19. The second kappa shape index (κ2) is 9.61. The van der Waals surface area contributed by atoms with E-state index in [-0.39, 0.29) is 31.0 Å². The number of hydrogen-bond donors (Lipinski definition) is 1. The first kappa shape index (κ1) is 18.7. The molecular weight excluding hydrogens is 328 g/mol. The maximum atomic E-state index is 13.5. The third-order valence-electron chi connectivity index (χ3n) is 3.43. The second-order valence-corrected chi connectivity index (χ2v) is 5.38. The average Bonchev–Trinajstić information content (AvgIpc) is 2.61. The van der Waals surface area contributed by atoms with E-state index in [1.54, 1.807) is 18.2 Å². The van der Waals surface area contributed by atoms with Gasteiger partial charge in [0.15, 0.2) is 18.1 Å². The molecule has 0 unspecified atom stereocenters. The number of carbonyl (C=O) groups is 1. The summed E-state index contributed by atoms with van der Waals surface area (Å²) in [6, 6.07) is 10.8. The smallest absolute Gasteiger partial charge is 0.257 e. The summed E-state index contributed by atoms with van der Waals surface area (Å²) in [5.74, 6) is -0.557. The van der Waals surface area contributed by atoms with Crippen LogP contribution >= 0.6 is 0 Å². The lowest BCUT2D eigenvalue weighted by atomic mass is 10.1. The molecular formula is C19H21F2NO3. The molecule has 0 atom stereocenters. The van der Waals surface area contributed by atoms with Crippen molar-refractivity contribution in [1.29, 1.82) is 0 Å². The third kappa shape index (κ3) is 5.74. The van der Waals surface area contributed by atoms with Gasteiger partial charge in [-0.15, -0.1) is 0 Å². The van der Waals surface area contributed by atoms with E-state index >= 15 is 0 Å². The van der Waals surface area contributed by atoms with Crippen molar-refractivity contribution in [1.82, 2.24) is 5.32 Å². The van der Waals surface area contributed by atoms with Crippen molar-refractivity contribution in [3.8, 4) is 11.5 Å². The summed E-state index contributed by atoms with van der Waals surface area (Å²) in [6.07, 6.45) is 0.932. The van der Waals surface area contributed by atoms with Crippen molar-refractivity contribution in [3.05, 3.63) is 59.7 Å². The molecule has 0 saturated carbocycles. The molecule has 2 aromatic rings. The molecule has 0 heterocycles. The van der Waals surface area contributed by atoms with Gasteiger partial charge in [-0.3, -0.25) is 4.79 Å². The fourth-order valence-electron chi connectivity index (χ4n) is 2.19. The maximum Gasteiger partial charge on any atom is 0.257 e. The van der Waals surface area contributed by atoms with Gasteiger partial charge >= 0.3 is 0 Å². The fraction of sp³-hybridized carbons (Fsp3) is 0.316. The third-order valence-corrected chi connectivity index (χ3v) is 3.43. The van der Waals surface area contributed by atoms with Gasteiger partial charge in [-0.2, -0.15) is 0 Å². The van der Waals surface area contributed by atoms with Crippen molar-refractivity contribution in [3.63, 3.8) is 0 Å². The maximum absolute atomic E-state index is 13.5. The number of ether oxygens (including phenoxy) is 2. The van der Waals surface area contributed by atoms with Crippen LogP contribution in [0.3, 0.4) is 0 Å². The van der Waals surface area contributed by atoms with E-state index in [0.29, 0.717) is 18.1 Å². The number of amides is 1. The Bertz CT molecular complexity index is 687. The SMILES string of the molecule is CCCOc1ccccc1OCC(=O)NCCc1c(F)cccc1F. The number of benzene rings is 2. The standard InChI is InChI=1S/C19H21F2NO3/c1-2-12-24-17-8-3-4-9-18(17)25-13-19(23)22-11-10-14-15(20)6-5-7-16(14)21/h3-9H,2,10-13H2,1H3,(H,22,23). The van der Waals surface area contributed by atoms with Crippen molar-refractivity contribution < 1.29 is 23.0 Å². The summed E-state index contributed by atoms with van der Waals surface area (Å²) in [7, 11) is 0. The Hall–Kier alpha value is -2.63. The quantitative estimate of drug-likeness (QED) is 0.754. The first-order chi connectivity index (χ1) is 12.1. The zero-order chi connectivity index (χ0) is 18.1. The van der Waals surface area contributed by atoms with E-state index in [2.05, 4.69) is 5.32 Å². The average molecular weight is 349 g/mol. The molecule has 0 aromatic heterocycles. The van der Waals surface area contributed by atoms with Gasteiger partial charge in [0.05, 0.1) is 6.61 Å². The molecule has 2 aromatic carbocycles. The Morgan fingerprint density at radius 3 is 2.28 bits per heavy atom. The summed E-state index contributed by atoms with van der Waals surface area (Å²) >= 11 is 0. The topological polar surface area (TPSA) is 47.6 Å². The van der Waals surface area contributed by atoms with Gasteiger partial charge in [0.1, 0.15) is 11.6 Å². The molecule has 0 spiro atoms. The monoisotopic (exact) mass is 349 g/mol.